The van der Waals surface area contributed by atoms with Crippen LogP contribution in [-0.4, -0.2) is 10.9 Å². The first-order chi connectivity index (χ1) is 17.0. The zero-order valence-electron chi connectivity index (χ0n) is 19.3. The molecule has 1 amide bonds. The molecule has 174 valence electrons. The third-order valence-electron chi connectivity index (χ3n) is 5.72. The van der Waals surface area contributed by atoms with E-state index >= 15 is 0 Å². The summed E-state index contributed by atoms with van der Waals surface area (Å²) in [5.41, 5.74) is 6.08. The first-order valence-corrected chi connectivity index (χ1v) is 11.7. The monoisotopic (exact) mass is 482 g/mol. The Kier molecular flexibility index (Phi) is 6.25. The third-order valence-corrected chi connectivity index (χ3v) is 6.13. The molecule has 0 atom stereocenters. The van der Waals surface area contributed by atoms with Crippen molar-refractivity contribution in [2.45, 2.75) is 20.3 Å². The van der Waals surface area contributed by atoms with Gasteiger partial charge >= 0.3 is 0 Å². The number of hydrogen-bond donors (Lipinski definition) is 1. The summed E-state index contributed by atoms with van der Waals surface area (Å²) in [5.74, 6) is 1.49. The summed E-state index contributed by atoms with van der Waals surface area (Å²) in [6.45, 7) is 4.06. The number of aryl methyl sites for hydroxylation is 2. The van der Waals surface area contributed by atoms with Gasteiger partial charge in [0.2, 0.25) is 11.8 Å². The largest absolute Gasteiger partial charge is 0.457 e. The second-order valence-electron chi connectivity index (χ2n) is 8.24. The van der Waals surface area contributed by atoms with Crippen molar-refractivity contribution < 1.29 is 13.6 Å². The maximum Gasteiger partial charge on any atom is 0.248 e. The summed E-state index contributed by atoms with van der Waals surface area (Å²) in [6, 6.07) is 22.8. The van der Waals surface area contributed by atoms with Crippen molar-refractivity contribution in [3.05, 3.63) is 101 Å². The molecule has 0 aliphatic rings. The summed E-state index contributed by atoms with van der Waals surface area (Å²) >= 11 is 6.21. The van der Waals surface area contributed by atoms with Crippen LogP contribution in [-0.2, 0) is 11.2 Å². The van der Waals surface area contributed by atoms with Crippen molar-refractivity contribution in [2.75, 3.05) is 5.32 Å². The summed E-state index contributed by atoms with van der Waals surface area (Å²) in [6.07, 6.45) is 4.00. The van der Waals surface area contributed by atoms with E-state index in [-0.39, 0.29) is 5.91 Å². The normalized spacial score (nSPS) is 11.4. The topological polar surface area (TPSA) is 68.3 Å². The molecule has 0 aliphatic heterocycles. The fraction of sp³-hybridized carbons (Fsp3) is 0.103. The van der Waals surface area contributed by atoms with Crippen LogP contribution in [0.2, 0.25) is 5.02 Å². The second kappa shape index (κ2) is 9.65. The lowest BCUT2D eigenvalue weighted by atomic mass is 10.1. The molecule has 0 spiro atoms. The zero-order valence-corrected chi connectivity index (χ0v) is 20.1. The Hall–Kier alpha value is -4.09. The second-order valence-corrected chi connectivity index (χ2v) is 8.65. The molecule has 0 fully saturated rings. The number of carbonyl (C=O) groups is 1. The highest BCUT2D eigenvalue weighted by Gasteiger charge is 2.10. The lowest BCUT2D eigenvalue weighted by Gasteiger charge is -2.03. The van der Waals surface area contributed by atoms with Gasteiger partial charge < -0.3 is 14.2 Å². The molecule has 0 bridgehead atoms. The Labute approximate surface area is 208 Å². The number of halogens is 1. The molecule has 2 heterocycles. The van der Waals surface area contributed by atoms with E-state index in [0.717, 1.165) is 34.2 Å². The fourth-order valence-corrected chi connectivity index (χ4v) is 3.91. The molecule has 5 nitrogen and oxygen atoms in total. The SMILES string of the molecule is CCc1ccc2oc(-c3cccc(NC(=O)/C=C/c4ccc(-c5ccc(C)c(Cl)c5)o4)c3)nc2c1. The van der Waals surface area contributed by atoms with Crippen LogP contribution in [0.25, 0.3) is 40.0 Å². The molecule has 6 heteroatoms. The van der Waals surface area contributed by atoms with Gasteiger partial charge in [-0.25, -0.2) is 4.98 Å². The molecule has 0 radical (unpaired) electrons. The maximum absolute atomic E-state index is 12.5. The molecule has 3 aromatic carbocycles. The van der Waals surface area contributed by atoms with Crippen LogP contribution in [0.3, 0.4) is 0 Å². The summed E-state index contributed by atoms with van der Waals surface area (Å²) in [5, 5.41) is 3.55. The number of fused-ring (bicyclic) bond motifs is 1. The Balaban J connectivity index is 1.28. The number of furan rings is 1. The van der Waals surface area contributed by atoms with E-state index in [4.69, 9.17) is 20.4 Å². The van der Waals surface area contributed by atoms with Crippen molar-refractivity contribution in [1.82, 2.24) is 4.98 Å². The number of amides is 1. The van der Waals surface area contributed by atoms with E-state index in [1.807, 2.05) is 79.7 Å². The number of nitrogens with one attached hydrogen (secondary N) is 1. The average Bonchev–Trinajstić information content (AvgIpc) is 3.51. The van der Waals surface area contributed by atoms with Gasteiger partial charge in [0, 0.05) is 27.9 Å². The highest BCUT2D eigenvalue weighted by molar-refractivity contribution is 6.31. The van der Waals surface area contributed by atoms with Crippen LogP contribution >= 0.6 is 11.6 Å². The highest BCUT2D eigenvalue weighted by atomic mass is 35.5. The first-order valence-electron chi connectivity index (χ1n) is 11.3. The van der Waals surface area contributed by atoms with E-state index in [0.29, 0.717) is 28.1 Å². The van der Waals surface area contributed by atoms with Crippen molar-refractivity contribution in [2.24, 2.45) is 0 Å². The van der Waals surface area contributed by atoms with E-state index in [1.165, 1.54) is 11.6 Å². The molecule has 2 aromatic heterocycles. The predicted octanol–water partition coefficient (Wildman–Crippen LogP) is 7.93. The van der Waals surface area contributed by atoms with Crippen LogP contribution < -0.4 is 5.32 Å². The van der Waals surface area contributed by atoms with Crippen LogP contribution in [0, 0.1) is 6.92 Å². The molecule has 0 saturated carbocycles. The number of benzene rings is 3. The van der Waals surface area contributed by atoms with Gasteiger partial charge in [-0.1, -0.05) is 42.8 Å². The van der Waals surface area contributed by atoms with Crippen molar-refractivity contribution in [3.63, 3.8) is 0 Å². The average molecular weight is 483 g/mol. The van der Waals surface area contributed by atoms with Crippen molar-refractivity contribution in [1.29, 1.82) is 0 Å². The summed E-state index contributed by atoms with van der Waals surface area (Å²) < 4.78 is 11.8. The Bertz CT molecular complexity index is 1560. The van der Waals surface area contributed by atoms with E-state index < -0.39 is 0 Å². The van der Waals surface area contributed by atoms with E-state index in [1.54, 1.807) is 6.08 Å². The molecule has 0 saturated heterocycles. The quantitative estimate of drug-likeness (QED) is 0.249. The molecule has 1 N–H and O–H groups in total. The Morgan fingerprint density at radius 1 is 1.00 bits per heavy atom. The summed E-state index contributed by atoms with van der Waals surface area (Å²) in [4.78, 5) is 17.1. The minimum atomic E-state index is -0.274. The third kappa shape index (κ3) is 5.05. The standard InChI is InChI=1S/C29H23ClN2O3/c1-3-19-8-12-27-25(15-19)32-29(35-27)21-5-4-6-22(16-21)31-28(33)14-11-23-10-13-26(34-23)20-9-7-18(2)24(30)17-20/h4-17H,3H2,1-2H3,(H,31,33)/b14-11+. The van der Waals surface area contributed by atoms with Gasteiger partial charge in [-0.3, -0.25) is 4.79 Å². The minimum absolute atomic E-state index is 0.274. The van der Waals surface area contributed by atoms with Gasteiger partial charge in [-0.05, 0) is 79.1 Å². The van der Waals surface area contributed by atoms with Gasteiger partial charge in [0.25, 0.3) is 0 Å². The van der Waals surface area contributed by atoms with Crippen molar-refractivity contribution in [3.8, 4) is 22.8 Å². The van der Waals surface area contributed by atoms with Gasteiger partial charge in [0.1, 0.15) is 17.0 Å². The van der Waals surface area contributed by atoms with Gasteiger partial charge in [-0.15, -0.1) is 0 Å². The number of anilines is 1. The molecule has 0 aliphatic carbocycles. The molecular formula is C29H23ClN2O3. The van der Waals surface area contributed by atoms with Crippen LogP contribution in [0.5, 0.6) is 0 Å². The number of hydrogen-bond acceptors (Lipinski definition) is 4. The number of aromatic nitrogens is 1. The molecule has 5 aromatic rings. The van der Waals surface area contributed by atoms with E-state index in [2.05, 4.69) is 17.2 Å². The minimum Gasteiger partial charge on any atom is -0.457 e. The molecule has 5 rings (SSSR count). The highest BCUT2D eigenvalue weighted by Crippen LogP contribution is 2.28. The Morgan fingerprint density at radius 2 is 1.89 bits per heavy atom. The zero-order chi connectivity index (χ0) is 24.4. The van der Waals surface area contributed by atoms with Crippen LogP contribution in [0.4, 0.5) is 5.69 Å². The number of nitrogens with zero attached hydrogens (tertiary/aromatic N) is 1. The summed E-state index contributed by atoms with van der Waals surface area (Å²) in [7, 11) is 0. The number of oxazole rings is 1. The van der Waals surface area contributed by atoms with Gasteiger partial charge in [-0.2, -0.15) is 0 Å². The number of rotatable bonds is 6. The smallest absolute Gasteiger partial charge is 0.248 e. The van der Waals surface area contributed by atoms with Crippen molar-refractivity contribution >= 4 is 40.4 Å². The van der Waals surface area contributed by atoms with Gasteiger partial charge in [0.15, 0.2) is 5.58 Å². The molecule has 0 unspecified atom stereocenters. The fourth-order valence-electron chi connectivity index (χ4n) is 3.73. The maximum atomic E-state index is 12.5. The predicted molar refractivity (Wildman–Crippen MR) is 140 cm³/mol. The number of carbonyl (C=O) groups excluding carboxylic acids is 1. The van der Waals surface area contributed by atoms with Crippen LogP contribution in [0.15, 0.2) is 87.7 Å². The Morgan fingerprint density at radius 3 is 2.71 bits per heavy atom. The molecule has 35 heavy (non-hydrogen) atoms. The van der Waals surface area contributed by atoms with E-state index in [9.17, 15) is 4.79 Å². The molecular weight excluding hydrogens is 460 g/mol. The van der Waals surface area contributed by atoms with Crippen LogP contribution in [0.1, 0.15) is 23.8 Å². The first kappa shape index (κ1) is 22.7. The lowest BCUT2D eigenvalue weighted by Crippen LogP contribution is -2.07. The lowest BCUT2D eigenvalue weighted by molar-refractivity contribution is -0.111. The van der Waals surface area contributed by atoms with Gasteiger partial charge in [0.05, 0.1) is 0 Å².